The van der Waals surface area contributed by atoms with E-state index < -0.39 is 12.1 Å². The molecule has 0 aliphatic rings. The van der Waals surface area contributed by atoms with Gasteiger partial charge < -0.3 is 20.3 Å². The molecular weight excluding hydrogens is 707 g/mol. The van der Waals surface area contributed by atoms with E-state index in [4.69, 9.17) is 4.74 Å². The second-order valence-electron chi connectivity index (χ2n) is 17.9. The molecule has 0 heterocycles. The lowest BCUT2D eigenvalue weighted by atomic mass is 10.0. The smallest absolute Gasteiger partial charge is 0.305 e. The predicted molar refractivity (Wildman–Crippen MR) is 246 cm³/mol. The molecule has 0 aliphatic heterocycles. The molecule has 340 valence electrons. The minimum atomic E-state index is -0.672. The highest BCUT2D eigenvalue weighted by molar-refractivity contribution is 5.76. The van der Waals surface area contributed by atoms with Crippen LogP contribution in [0, 0.1) is 0 Å². The van der Waals surface area contributed by atoms with Crippen LogP contribution in [0.3, 0.4) is 0 Å². The molecule has 1 amide bonds. The summed E-state index contributed by atoms with van der Waals surface area (Å²) >= 11 is 0. The van der Waals surface area contributed by atoms with Crippen LogP contribution in [-0.2, 0) is 14.3 Å². The number of carbonyl (C=O) groups excluding carboxylic acids is 2. The van der Waals surface area contributed by atoms with Crippen molar-refractivity contribution >= 4 is 11.9 Å². The highest BCUT2D eigenvalue weighted by Crippen LogP contribution is 2.17. The summed E-state index contributed by atoms with van der Waals surface area (Å²) in [7, 11) is 0. The van der Waals surface area contributed by atoms with Crippen LogP contribution in [0.2, 0.25) is 0 Å². The van der Waals surface area contributed by atoms with Crippen molar-refractivity contribution < 1.29 is 24.5 Å². The highest BCUT2D eigenvalue weighted by Gasteiger charge is 2.20. The Morgan fingerprint density at radius 1 is 0.421 bits per heavy atom. The summed E-state index contributed by atoms with van der Waals surface area (Å²) in [5.74, 6) is -0.0567. The fourth-order valence-electron chi connectivity index (χ4n) is 8.17. The number of aliphatic hydroxyl groups excluding tert-OH is 2. The van der Waals surface area contributed by atoms with Crippen LogP contribution in [0.25, 0.3) is 0 Å². The Balaban J connectivity index is 3.46. The monoisotopic (exact) mass is 808 g/mol. The minimum Gasteiger partial charge on any atom is -0.466 e. The molecule has 0 aromatic rings. The Bertz CT molecular complexity index is 806. The van der Waals surface area contributed by atoms with Crippen LogP contribution in [-0.4, -0.2) is 47.4 Å². The number of hydrogen-bond donors (Lipinski definition) is 3. The molecule has 0 saturated carbocycles. The molecule has 0 aromatic carbocycles. The maximum absolute atomic E-state index is 12.5. The second kappa shape index (κ2) is 47.5. The Labute approximate surface area is 356 Å². The fraction of sp³-hybridized carbons (Fsp3) is 0.961. The highest BCUT2D eigenvalue weighted by atomic mass is 16.5. The first-order chi connectivity index (χ1) is 28.0. The van der Waals surface area contributed by atoms with Crippen LogP contribution >= 0.6 is 0 Å². The molecule has 6 nitrogen and oxygen atoms in total. The minimum absolute atomic E-state index is 0.00876. The maximum atomic E-state index is 12.5. The van der Waals surface area contributed by atoms with Gasteiger partial charge in [-0.25, -0.2) is 0 Å². The van der Waals surface area contributed by atoms with Crippen LogP contribution in [0.5, 0.6) is 0 Å². The van der Waals surface area contributed by atoms with Gasteiger partial charge in [0.05, 0.1) is 25.4 Å². The zero-order chi connectivity index (χ0) is 41.5. The van der Waals surface area contributed by atoms with Crippen molar-refractivity contribution in [3.05, 3.63) is 0 Å². The fourth-order valence-corrected chi connectivity index (χ4v) is 8.17. The first-order valence-electron chi connectivity index (χ1n) is 25.8. The molecule has 0 bridgehead atoms. The van der Waals surface area contributed by atoms with Crippen LogP contribution in [0.1, 0.15) is 290 Å². The number of unbranched alkanes of at least 4 members (excludes halogenated alkanes) is 37. The molecule has 0 spiro atoms. The van der Waals surface area contributed by atoms with E-state index in [0.717, 1.165) is 57.8 Å². The predicted octanol–water partition coefficient (Wildman–Crippen LogP) is 15.2. The van der Waals surface area contributed by atoms with E-state index in [1.165, 1.54) is 199 Å². The van der Waals surface area contributed by atoms with Gasteiger partial charge in [-0.3, -0.25) is 9.59 Å². The Morgan fingerprint density at radius 2 is 0.719 bits per heavy atom. The molecule has 0 saturated heterocycles. The van der Waals surface area contributed by atoms with E-state index in [1.54, 1.807) is 0 Å². The van der Waals surface area contributed by atoms with Gasteiger partial charge in [-0.15, -0.1) is 0 Å². The van der Waals surface area contributed by atoms with E-state index in [0.29, 0.717) is 25.9 Å². The topological polar surface area (TPSA) is 95.9 Å². The van der Waals surface area contributed by atoms with Crippen molar-refractivity contribution in [3.8, 4) is 0 Å². The molecule has 0 rings (SSSR count). The molecule has 3 N–H and O–H groups in total. The lowest BCUT2D eigenvalue weighted by molar-refractivity contribution is -0.143. The molecule has 0 aromatic heterocycles. The number of aliphatic hydroxyl groups is 2. The number of esters is 1. The SMILES string of the molecule is CCCCCCCCCCCCCCCCCCCC(O)C(CO)NC(=O)CCCCCCCCCCCCCCOC(=O)CCCCCCCCCCCCC. The molecule has 57 heavy (non-hydrogen) atoms. The van der Waals surface area contributed by atoms with Gasteiger partial charge in [0, 0.05) is 12.8 Å². The molecule has 2 unspecified atom stereocenters. The third-order valence-electron chi connectivity index (χ3n) is 12.2. The number of carbonyl (C=O) groups is 2. The van der Waals surface area contributed by atoms with Gasteiger partial charge in [0.1, 0.15) is 0 Å². The van der Waals surface area contributed by atoms with Gasteiger partial charge in [-0.05, 0) is 25.7 Å². The van der Waals surface area contributed by atoms with Crippen molar-refractivity contribution in [2.24, 2.45) is 0 Å². The van der Waals surface area contributed by atoms with Crippen LogP contribution in [0.15, 0.2) is 0 Å². The zero-order valence-electron chi connectivity index (χ0n) is 38.6. The Kier molecular flexibility index (Phi) is 46.6. The summed E-state index contributed by atoms with van der Waals surface area (Å²) in [5.41, 5.74) is 0. The van der Waals surface area contributed by atoms with Crippen LogP contribution in [0.4, 0.5) is 0 Å². The normalized spacial score (nSPS) is 12.6. The summed E-state index contributed by atoms with van der Waals surface area (Å²) in [6.07, 6.45) is 52.1. The molecule has 6 heteroatoms. The Morgan fingerprint density at radius 3 is 1.07 bits per heavy atom. The van der Waals surface area contributed by atoms with Gasteiger partial charge in [0.15, 0.2) is 0 Å². The first-order valence-corrected chi connectivity index (χ1v) is 25.8. The molecular formula is C51H101NO5. The van der Waals surface area contributed by atoms with Gasteiger partial charge in [0.25, 0.3) is 0 Å². The van der Waals surface area contributed by atoms with Crippen LogP contribution < -0.4 is 5.32 Å². The average Bonchev–Trinajstić information content (AvgIpc) is 3.21. The number of amides is 1. The number of ether oxygens (including phenoxy) is 1. The van der Waals surface area contributed by atoms with E-state index >= 15 is 0 Å². The van der Waals surface area contributed by atoms with Crippen molar-refractivity contribution in [1.82, 2.24) is 5.32 Å². The zero-order valence-corrected chi connectivity index (χ0v) is 38.6. The molecule has 0 fully saturated rings. The van der Waals surface area contributed by atoms with Gasteiger partial charge >= 0.3 is 5.97 Å². The lowest BCUT2D eigenvalue weighted by Gasteiger charge is -2.22. The number of nitrogens with one attached hydrogen (secondary N) is 1. The van der Waals surface area contributed by atoms with Crippen molar-refractivity contribution in [2.75, 3.05) is 13.2 Å². The average molecular weight is 808 g/mol. The maximum Gasteiger partial charge on any atom is 0.305 e. The molecule has 2 atom stereocenters. The lowest BCUT2D eigenvalue weighted by Crippen LogP contribution is -2.45. The quantitative estimate of drug-likeness (QED) is 0.0420. The largest absolute Gasteiger partial charge is 0.466 e. The first kappa shape index (κ1) is 55.9. The van der Waals surface area contributed by atoms with E-state index in [2.05, 4.69) is 19.2 Å². The van der Waals surface area contributed by atoms with Crippen molar-refractivity contribution in [3.63, 3.8) is 0 Å². The summed E-state index contributed by atoms with van der Waals surface area (Å²) in [5, 5.41) is 23.2. The van der Waals surface area contributed by atoms with E-state index in [-0.39, 0.29) is 18.5 Å². The van der Waals surface area contributed by atoms with Gasteiger partial charge in [0.2, 0.25) is 5.91 Å². The molecule has 0 aliphatic carbocycles. The summed E-state index contributed by atoms with van der Waals surface area (Å²) < 4.78 is 5.44. The second-order valence-corrected chi connectivity index (χ2v) is 17.9. The van der Waals surface area contributed by atoms with Crippen molar-refractivity contribution in [2.45, 2.75) is 302 Å². The van der Waals surface area contributed by atoms with Crippen molar-refractivity contribution in [1.29, 1.82) is 0 Å². The van der Waals surface area contributed by atoms with Gasteiger partial charge in [-0.1, -0.05) is 251 Å². The Hall–Kier alpha value is -1.14. The van der Waals surface area contributed by atoms with E-state index in [9.17, 15) is 19.8 Å². The summed E-state index contributed by atoms with van der Waals surface area (Å²) in [6, 6.07) is -0.551. The third kappa shape index (κ3) is 44.2. The molecule has 0 radical (unpaired) electrons. The third-order valence-corrected chi connectivity index (χ3v) is 12.2. The standard InChI is InChI=1S/C51H101NO5/c1-3-5-7-9-11-13-15-16-17-18-19-20-24-27-31-35-39-43-49(54)48(47-53)52-50(55)44-40-36-32-28-25-21-22-26-30-34-38-42-46-57-51(56)45-41-37-33-29-23-14-12-10-8-6-4-2/h48-49,53-54H,3-47H2,1-2H3,(H,52,55). The van der Waals surface area contributed by atoms with Gasteiger partial charge in [-0.2, -0.15) is 0 Å². The number of rotatable bonds is 48. The summed E-state index contributed by atoms with van der Waals surface area (Å²) in [4.78, 5) is 24.4. The van der Waals surface area contributed by atoms with E-state index in [1.807, 2.05) is 0 Å². The number of hydrogen-bond acceptors (Lipinski definition) is 5. The summed E-state index contributed by atoms with van der Waals surface area (Å²) in [6.45, 7) is 4.93.